The largest absolute Gasteiger partial charge is 0.466 e. The Morgan fingerprint density at radius 3 is 0.805 bits per heavy atom. The third kappa shape index (κ3) is 35.0. The topological polar surface area (TPSA) is 52.6 Å². The zero-order valence-electron chi connectivity index (χ0n) is 28.0. The van der Waals surface area contributed by atoms with Crippen molar-refractivity contribution in [3.8, 4) is 0 Å². The van der Waals surface area contributed by atoms with Gasteiger partial charge in [-0.2, -0.15) is 0 Å². The van der Waals surface area contributed by atoms with Crippen LogP contribution in [0, 0.1) is 0 Å². The summed E-state index contributed by atoms with van der Waals surface area (Å²) in [5.41, 5.74) is 0. The van der Waals surface area contributed by atoms with Crippen LogP contribution in [-0.4, -0.2) is 25.2 Å². The first-order valence-electron chi connectivity index (χ1n) is 18.5. The van der Waals surface area contributed by atoms with Crippen molar-refractivity contribution in [3.05, 3.63) is 0 Å². The van der Waals surface area contributed by atoms with E-state index in [1.165, 1.54) is 135 Å². The Hall–Kier alpha value is -1.06. The second-order valence-electron chi connectivity index (χ2n) is 12.5. The molecule has 0 atom stereocenters. The van der Waals surface area contributed by atoms with Crippen LogP contribution < -0.4 is 0 Å². The number of esters is 2. The molecule has 244 valence electrons. The molecule has 41 heavy (non-hydrogen) atoms. The highest BCUT2D eigenvalue weighted by Crippen LogP contribution is 2.14. The molecule has 0 aliphatic carbocycles. The summed E-state index contributed by atoms with van der Waals surface area (Å²) < 4.78 is 10.8. The van der Waals surface area contributed by atoms with Crippen molar-refractivity contribution >= 4 is 11.9 Å². The van der Waals surface area contributed by atoms with Crippen LogP contribution in [0.4, 0.5) is 0 Å². The molecule has 0 aromatic rings. The molecule has 0 heterocycles. The van der Waals surface area contributed by atoms with Crippen molar-refractivity contribution < 1.29 is 19.1 Å². The average Bonchev–Trinajstić information content (AvgIpc) is 2.97. The maximum atomic E-state index is 11.9. The molecule has 0 radical (unpaired) electrons. The van der Waals surface area contributed by atoms with Crippen LogP contribution in [0.1, 0.15) is 213 Å². The number of hydrogen-bond acceptors (Lipinski definition) is 4. The summed E-state index contributed by atoms with van der Waals surface area (Å²) in [6.45, 7) is 5.69. The molecule has 0 bridgehead atoms. The van der Waals surface area contributed by atoms with E-state index in [-0.39, 0.29) is 11.9 Å². The van der Waals surface area contributed by atoms with E-state index in [9.17, 15) is 9.59 Å². The SMILES string of the molecule is CCCCCCCCCCCCCC(=O)OCCCCCCCCCOC(=O)CCCCCCCCCCCCC. The van der Waals surface area contributed by atoms with Crippen LogP contribution in [-0.2, 0) is 19.1 Å². The van der Waals surface area contributed by atoms with Crippen molar-refractivity contribution in [2.45, 2.75) is 213 Å². The van der Waals surface area contributed by atoms with Gasteiger partial charge in [0.1, 0.15) is 0 Å². The Morgan fingerprint density at radius 2 is 0.537 bits per heavy atom. The summed E-state index contributed by atoms with van der Waals surface area (Å²) in [5.74, 6) is -0.0297. The molecule has 0 amide bonds. The number of unbranched alkanes of at least 4 members (excludes halogenated alkanes) is 26. The first-order chi connectivity index (χ1) is 20.2. The lowest BCUT2D eigenvalue weighted by Gasteiger charge is -2.06. The number of carbonyl (C=O) groups is 2. The van der Waals surface area contributed by atoms with Gasteiger partial charge < -0.3 is 9.47 Å². The van der Waals surface area contributed by atoms with E-state index < -0.39 is 0 Å². The quantitative estimate of drug-likeness (QED) is 0.0561. The monoisotopic (exact) mass is 581 g/mol. The minimum atomic E-state index is -0.0148. The zero-order valence-corrected chi connectivity index (χ0v) is 28.0. The van der Waals surface area contributed by atoms with Gasteiger partial charge in [0.25, 0.3) is 0 Å². The zero-order chi connectivity index (χ0) is 29.9. The van der Waals surface area contributed by atoms with Crippen LogP contribution in [0.2, 0.25) is 0 Å². The number of ether oxygens (including phenoxy) is 2. The van der Waals surface area contributed by atoms with Gasteiger partial charge in [0.2, 0.25) is 0 Å². The van der Waals surface area contributed by atoms with Crippen molar-refractivity contribution in [1.82, 2.24) is 0 Å². The molecule has 0 spiro atoms. The molecule has 0 rings (SSSR count). The van der Waals surface area contributed by atoms with E-state index in [0.717, 1.165) is 51.4 Å². The van der Waals surface area contributed by atoms with Crippen LogP contribution >= 0.6 is 0 Å². The van der Waals surface area contributed by atoms with Gasteiger partial charge in [-0.1, -0.05) is 174 Å². The average molecular weight is 581 g/mol. The van der Waals surface area contributed by atoms with Gasteiger partial charge in [0, 0.05) is 12.8 Å². The fourth-order valence-corrected chi connectivity index (χ4v) is 5.47. The van der Waals surface area contributed by atoms with Crippen molar-refractivity contribution in [2.75, 3.05) is 13.2 Å². The van der Waals surface area contributed by atoms with Gasteiger partial charge in [-0.25, -0.2) is 0 Å². The van der Waals surface area contributed by atoms with Gasteiger partial charge >= 0.3 is 11.9 Å². The standard InChI is InChI=1S/C37H72O4/c1-3-5-7-9-11-13-15-17-20-24-28-32-36(38)40-34-30-26-22-19-23-27-31-35-41-37(39)33-29-25-21-18-16-14-12-10-8-6-4-2/h3-35H2,1-2H3. The van der Waals surface area contributed by atoms with E-state index in [1.807, 2.05) is 0 Å². The van der Waals surface area contributed by atoms with Gasteiger partial charge in [-0.3, -0.25) is 9.59 Å². The normalized spacial score (nSPS) is 11.2. The van der Waals surface area contributed by atoms with Crippen molar-refractivity contribution in [2.24, 2.45) is 0 Å². The molecule has 0 aliphatic heterocycles. The number of carbonyl (C=O) groups excluding carboxylic acids is 2. The first-order valence-corrected chi connectivity index (χ1v) is 18.5. The van der Waals surface area contributed by atoms with E-state index in [4.69, 9.17) is 9.47 Å². The van der Waals surface area contributed by atoms with E-state index >= 15 is 0 Å². The van der Waals surface area contributed by atoms with Crippen LogP contribution in [0.15, 0.2) is 0 Å². The summed E-state index contributed by atoms with van der Waals surface area (Å²) >= 11 is 0. The van der Waals surface area contributed by atoms with Gasteiger partial charge in [-0.05, 0) is 25.7 Å². The maximum absolute atomic E-state index is 11.9. The third-order valence-corrected chi connectivity index (χ3v) is 8.28. The smallest absolute Gasteiger partial charge is 0.305 e. The highest BCUT2D eigenvalue weighted by atomic mass is 16.5. The summed E-state index contributed by atoms with van der Waals surface area (Å²) in [6, 6.07) is 0. The molecule has 0 saturated heterocycles. The second kappa shape index (κ2) is 35.1. The van der Waals surface area contributed by atoms with E-state index in [2.05, 4.69) is 13.8 Å². The lowest BCUT2D eigenvalue weighted by molar-refractivity contribution is -0.144. The highest BCUT2D eigenvalue weighted by molar-refractivity contribution is 5.69. The molecule has 0 aromatic heterocycles. The molecule has 0 N–H and O–H groups in total. The minimum Gasteiger partial charge on any atom is -0.466 e. The van der Waals surface area contributed by atoms with Crippen LogP contribution in [0.5, 0.6) is 0 Å². The predicted octanol–water partition coefficient (Wildman–Crippen LogP) is 12.2. The van der Waals surface area contributed by atoms with E-state index in [1.54, 1.807) is 0 Å². The fraction of sp³-hybridized carbons (Fsp3) is 0.946. The molecule has 0 saturated carbocycles. The molecular formula is C37H72O4. The summed E-state index contributed by atoms with van der Waals surface area (Å²) in [5, 5.41) is 0. The Morgan fingerprint density at radius 1 is 0.317 bits per heavy atom. The summed E-state index contributed by atoms with van der Waals surface area (Å²) in [4.78, 5) is 23.8. The molecular weight excluding hydrogens is 508 g/mol. The highest BCUT2D eigenvalue weighted by Gasteiger charge is 2.04. The Bertz CT molecular complexity index is 487. The number of hydrogen-bond donors (Lipinski definition) is 0. The summed E-state index contributed by atoms with van der Waals surface area (Å²) in [7, 11) is 0. The van der Waals surface area contributed by atoms with Crippen LogP contribution in [0.3, 0.4) is 0 Å². The van der Waals surface area contributed by atoms with Gasteiger partial charge in [-0.15, -0.1) is 0 Å². The Labute approximate surface area is 256 Å². The molecule has 0 aromatic carbocycles. The van der Waals surface area contributed by atoms with Crippen LogP contribution in [0.25, 0.3) is 0 Å². The van der Waals surface area contributed by atoms with Gasteiger partial charge in [0.15, 0.2) is 0 Å². The molecule has 0 fully saturated rings. The molecule has 0 unspecified atom stereocenters. The molecule has 4 nitrogen and oxygen atoms in total. The Balaban J connectivity index is 3.23. The minimum absolute atomic E-state index is 0.0148. The number of rotatable bonds is 34. The predicted molar refractivity (Wildman–Crippen MR) is 176 cm³/mol. The first kappa shape index (κ1) is 39.9. The lowest BCUT2D eigenvalue weighted by Crippen LogP contribution is -2.06. The summed E-state index contributed by atoms with van der Waals surface area (Å²) in [6.07, 6.45) is 37.6. The lowest BCUT2D eigenvalue weighted by atomic mass is 10.1. The molecule has 0 aliphatic rings. The second-order valence-corrected chi connectivity index (χ2v) is 12.5. The maximum Gasteiger partial charge on any atom is 0.305 e. The van der Waals surface area contributed by atoms with Gasteiger partial charge in [0.05, 0.1) is 13.2 Å². The molecule has 4 heteroatoms. The van der Waals surface area contributed by atoms with E-state index in [0.29, 0.717) is 26.1 Å². The third-order valence-electron chi connectivity index (χ3n) is 8.28. The fourth-order valence-electron chi connectivity index (χ4n) is 5.47. The Kier molecular flexibility index (Phi) is 34.2. The van der Waals surface area contributed by atoms with Crippen molar-refractivity contribution in [3.63, 3.8) is 0 Å². The van der Waals surface area contributed by atoms with Crippen molar-refractivity contribution in [1.29, 1.82) is 0 Å².